The number of hydrogen-bond donors (Lipinski definition) is 1. The average molecular weight is 337 g/mol. The van der Waals surface area contributed by atoms with Gasteiger partial charge in [-0.2, -0.15) is 5.43 Å². The third kappa shape index (κ3) is 2.68. The van der Waals surface area contributed by atoms with Crippen LogP contribution in [0.3, 0.4) is 0 Å². The summed E-state index contributed by atoms with van der Waals surface area (Å²) >= 11 is 3.21. The molecule has 1 aromatic heterocycles. The van der Waals surface area contributed by atoms with Crippen molar-refractivity contribution < 1.29 is 19.4 Å². The Balaban J connectivity index is 1.62. The summed E-state index contributed by atoms with van der Waals surface area (Å²) in [5, 5.41) is 11.0. The maximum absolute atomic E-state index is 12.2. The number of carboxylic acid groups (broad SMARTS) is 1. The molecule has 1 unspecified atom stereocenters. The number of nitrogens with one attached hydrogen (secondary N) is 1. The minimum absolute atomic E-state index is 0.0183. The number of amides is 1. The lowest BCUT2D eigenvalue weighted by atomic mass is 9.99. The summed E-state index contributed by atoms with van der Waals surface area (Å²) in [7, 11) is 1.83. The normalized spacial score (nSPS) is 23.4. The van der Waals surface area contributed by atoms with Gasteiger partial charge in [0.25, 0.3) is 0 Å². The number of carbonyl (C=O) groups is 2. The monoisotopic (exact) mass is 337 g/mol. The first-order valence-corrected chi connectivity index (χ1v) is 8.83. The van der Waals surface area contributed by atoms with Gasteiger partial charge in [-0.15, -0.1) is 23.5 Å². The molecule has 22 heavy (non-hydrogen) atoms. The summed E-state index contributed by atoms with van der Waals surface area (Å²) in [6.07, 6.45) is 5.36. The van der Waals surface area contributed by atoms with Gasteiger partial charge < -0.3 is 9.90 Å². The molecule has 2 atom stereocenters. The number of aromatic nitrogens is 1. The second-order valence-electron chi connectivity index (χ2n) is 4.89. The van der Waals surface area contributed by atoms with E-state index in [1.54, 1.807) is 29.6 Å². The second kappa shape index (κ2) is 6.21. The molecule has 2 aliphatic heterocycles. The van der Waals surface area contributed by atoms with Crippen LogP contribution in [-0.4, -0.2) is 40.7 Å². The van der Waals surface area contributed by atoms with E-state index in [2.05, 4.69) is 5.43 Å². The van der Waals surface area contributed by atoms with Crippen LogP contribution >= 0.6 is 23.5 Å². The number of carboxylic acids is 1. The number of β-lactam (4-membered cyclic amide) rings is 1. The molecule has 0 radical (unpaired) electrons. The Morgan fingerprint density at radius 2 is 2.27 bits per heavy atom. The van der Waals surface area contributed by atoms with Crippen LogP contribution in [0.4, 0.5) is 0 Å². The number of hydrogen-bond acceptors (Lipinski definition) is 6. The molecular weight excluding hydrogens is 322 g/mol. The number of aliphatic carboxylic acids is 1. The number of nitrogens with zero attached hydrogens (tertiary/aromatic N) is 2. The van der Waals surface area contributed by atoms with Gasteiger partial charge in [0.2, 0.25) is 18.3 Å². The van der Waals surface area contributed by atoms with Crippen molar-refractivity contribution >= 4 is 35.4 Å². The number of fused-ring (bicyclic) bond motifs is 1. The summed E-state index contributed by atoms with van der Waals surface area (Å²) < 4.78 is 1.83. The van der Waals surface area contributed by atoms with E-state index < -0.39 is 5.97 Å². The highest BCUT2D eigenvalue weighted by atomic mass is 32.2. The van der Waals surface area contributed by atoms with Gasteiger partial charge in [0.05, 0.1) is 30.0 Å². The zero-order valence-corrected chi connectivity index (χ0v) is 13.5. The van der Waals surface area contributed by atoms with Crippen molar-refractivity contribution in [3.05, 3.63) is 36.3 Å². The molecule has 0 aliphatic carbocycles. The third-order valence-electron chi connectivity index (χ3n) is 3.65. The van der Waals surface area contributed by atoms with Crippen LogP contribution in [0.15, 0.2) is 41.2 Å². The van der Waals surface area contributed by atoms with Crippen LogP contribution in [0.2, 0.25) is 0 Å². The highest BCUT2D eigenvalue weighted by Crippen LogP contribution is 2.43. The smallest absolute Gasteiger partial charge is 0.234 e. The van der Waals surface area contributed by atoms with Crippen molar-refractivity contribution in [3.63, 3.8) is 0 Å². The SMILES string of the molecule is CN[n+]1ccc(SCC2C(=O)N3C(C(=O)[O-])=CCS[C@@H]23)cc1. The van der Waals surface area contributed by atoms with Crippen LogP contribution in [0.1, 0.15) is 0 Å². The second-order valence-corrected chi connectivity index (χ2v) is 7.13. The molecule has 1 N–H and O–H groups in total. The fraction of sp³-hybridized carbons (Fsp3) is 0.357. The number of pyridine rings is 1. The first-order valence-electron chi connectivity index (χ1n) is 6.80. The fourth-order valence-electron chi connectivity index (χ4n) is 2.47. The van der Waals surface area contributed by atoms with Crippen molar-refractivity contribution in [3.8, 4) is 0 Å². The zero-order valence-electron chi connectivity index (χ0n) is 11.9. The van der Waals surface area contributed by atoms with E-state index in [0.717, 1.165) is 4.90 Å². The Bertz CT molecular complexity index is 633. The molecule has 1 saturated heterocycles. The van der Waals surface area contributed by atoms with Crippen LogP contribution in [0.25, 0.3) is 0 Å². The molecular formula is C14H15N3O3S2. The van der Waals surface area contributed by atoms with Crippen molar-refractivity contribution in [2.24, 2.45) is 5.92 Å². The minimum atomic E-state index is -1.27. The first kappa shape index (κ1) is 15.2. The van der Waals surface area contributed by atoms with E-state index in [4.69, 9.17) is 0 Å². The summed E-state index contributed by atoms with van der Waals surface area (Å²) in [5.74, 6) is -0.288. The van der Waals surface area contributed by atoms with Crippen molar-refractivity contribution in [2.45, 2.75) is 10.3 Å². The van der Waals surface area contributed by atoms with Gasteiger partial charge in [-0.1, -0.05) is 4.68 Å². The Morgan fingerprint density at radius 3 is 2.91 bits per heavy atom. The predicted molar refractivity (Wildman–Crippen MR) is 82.3 cm³/mol. The van der Waals surface area contributed by atoms with Crippen LogP contribution in [-0.2, 0) is 9.59 Å². The number of carbonyl (C=O) groups excluding carboxylic acids is 2. The van der Waals surface area contributed by atoms with Crippen LogP contribution in [0, 0.1) is 5.92 Å². The van der Waals surface area contributed by atoms with Crippen molar-refractivity contribution in [1.29, 1.82) is 0 Å². The fourth-order valence-corrected chi connectivity index (χ4v) is 4.87. The minimum Gasteiger partial charge on any atom is -0.543 e. The molecule has 1 amide bonds. The van der Waals surface area contributed by atoms with Gasteiger partial charge in [-0.3, -0.25) is 9.69 Å². The van der Waals surface area contributed by atoms with E-state index in [-0.39, 0.29) is 22.9 Å². The Labute approximate surface area is 136 Å². The lowest BCUT2D eigenvalue weighted by molar-refractivity contribution is -0.647. The molecule has 116 valence electrons. The van der Waals surface area contributed by atoms with Crippen molar-refractivity contribution in [2.75, 3.05) is 24.0 Å². The lowest BCUT2D eigenvalue weighted by Crippen LogP contribution is -2.62. The van der Waals surface area contributed by atoms with Crippen LogP contribution in [0.5, 0.6) is 0 Å². The summed E-state index contributed by atoms with van der Waals surface area (Å²) in [6, 6.07) is 3.95. The third-order valence-corrected chi connectivity index (χ3v) is 6.02. The Hall–Kier alpha value is -1.67. The highest BCUT2D eigenvalue weighted by molar-refractivity contribution is 8.00. The van der Waals surface area contributed by atoms with E-state index in [9.17, 15) is 14.7 Å². The predicted octanol–water partition coefficient (Wildman–Crippen LogP) is -0.595. The molecule has 1 aromatic rings. The first-order chi connectivity index (χ1) is 10.6. The van der Waals surface area contributed by atoms with Gasteiger partial charge >= 0.3 is 0 Å². The molecule has 2 aliphatic rings. The van der Waals surface area contributed by atoms with Gasteiger partial charge in [0, 0.05) is 28.5 Å². The molecule has 0 spiro atoms. The molecule has 0 bridgehead atoms. The van der Waals surface area contributed by atoms with Gasteiger partial charge in [-0.05, 0) is 6.08 Å². The maximum Gasteiger partial charge on any atom is 0.234 e. The highest BCUT2D eigenvalue weighted by Gasteiger charge is 2.50. The van der Waals surface area contributed by atoms with Gasteiger partial charge in [-0.25, -0.2) is 0 Å². The Morgan fingerprint density at radius 1 is 1.55 bits per heavy atom. The average Bonchev–Trinajstić information content (AvgIpc) is 2.54. The molecule has 6 nitrogen and oxygen atoms in total. The number of thioether (sulfide) groups is 2. The molecule has 8 heteroatoms. The molecule has 0 saturated carbocycles. The summed E-state index contributed by atoms with van der Waals surface area (Å²) in [4.78, 5) is 25.7. The quantitative estimate of drug-likeness (QED) is 0.439. The van der Waals surface area contributed by atoms with Gasteiger partial charge in [0.1, 0.15) is 0 Å². The van der Waals surface area contributed by atoms with Crippen molar-refractivity contribution in [1.82, 2.24) is 4.90 Å². The van der Waals surface area contributed by atoms with Crippen LogP contribution < -0.4 is 15.2 Å². The molecule has 3 rings (SSSR count). The standard InChI is InChI=1S/C14H15N3O3S2/c1-15-16-5-2-9(3-6-16)22-8-10-12(18)17-11(14(19)20)4-7-21-13(10)17/h2-6,10,13,15H,7-8H2,1H3/t10?,13-/m0/s1. The van der Waals surface area contributed by atoms with E-state index >= 15 is 0 Å². The summed E-state index contributed by atoms with van der Waals surface area (Å²) in [5.41, 5.74) is 2.99. The van der Waals surface area contributed by atoms with E-state index in [1.165, 1.54) is 4.90 Å². The number of rotatable bonds is 5. The molecule has 1 fully saturated rings. The lowest BCUT2D eigenvalue weighted by Gasteiger charge is -2.49. The largest absolute Gasteiger partial charge is 0.543 e. The van der Waals surface area contributed by atoms with E-state index in [0.29, 0.717) is 11.5 Å². The van der Waals surface area contributed by atoms with Gasteiger partial charge in [0.15, 0.2) is 0 Å². The maximum atomic E-state index is 12.2. The topological polar surface area (TPSA) is 76.4 Å². The molecule has 3 heterocycles. The summed E-state index contributed by atoms with van der Waals surface area (Å²) in [6.45, 7) is 0. The zero-order chi connectivity index (χ0) is 15.7. The molecule has 0 aromatic carbocycles. The van der Waals surface area contributed by atoms with E-state index in [1.807, 2.05) is 36.3 Å². The Kier molecular flexibility index (Phi) is 4.30.